The number of amides is 1. The van der Waals surface area contributed by atoms with E-state index in [1.165, 1.54) is 0 Å². The number of aromatic nitrogens is 1. The molecule has 0 radical (unpaired) electrons. The minimum absolute atomic E-state index is 0.0686. The summed E-state index contributed by atoms with van der Waals surface area (Å²) in [6.07, 6.45) is 0. The first-order valence-corrected chi connectivity index (χ1v) is 12.8. The molecule has 190 valence electrons. The van der Waals surface area contributed by atoms with Crippen LogP contribution >= 0.6 is 0 Å². The summed E-state index contributed by atoms with van der Waals surface area (Å²) in [7, 11) is 1.70. The Kier molecular flexibility index (Phi) is 7.17. The molecule has 1 fully saturated rings. The summed E-state index contributed by atoms with van der Waals surface area (Å²) in [5, 5.41) is 0. The molecule has 37 heavy (non-hydrogen) atoms. The average Bonchev–Trinajstić information content (AvgIpc) is 3.30. The van der Waals surface area contributed by atoms with Crippen LogP contribution in [-0.2, 0) is 0 Å². The van der Waals surface area contributed by atoms with E-state index in [-0.39, 0.29) is 5.91 Å². The summed E-state index contributed by atoms with van der Waals surface area (Å²) in [4.78, 5) is 18.1. The number of nitrogens with zero attached hydrogens (tertiary/aromatic N) is 3. The van der Waals surface area contributed by atoms with Crippen molar-refractivity contribution in [3.8, 4) is 28.4 Å². The Labute approximate surface area is 218 Å². The Morgan fingerprint density at radius 3 is 2.22 bits per heavy atom. The first-order chi connectivity index (χ1) is 18.1. The molecule has 3 aromatic carbocycles. The summed E-state index contributed by atoms with van der Waals surface area (Å²) >= 11 is 0. The van der Waals surface area contributed by atoms with Gasteiger partial charge in [0.15, 0.2) is 0 Å². The third kappa shape index (κ3) is 4.92. The molecule has 1 aliphatic rings. The van der Waals surface area contributed by atoms with E-state index in [0.717, 1.165) is 58.5 Å². The van der Waals surface area contributed by atoms with Crippen LogP contribution in [0, 0.1) is 6.92 Å². The Morgan fingerprint density at radius 2 is 1.54 bits per heavy atom. The minimum atomic E-state index is 0.0686. The number of anilines is 1. The van der Waals surface area contributed by atoms with E-state index in [0.29, 0.717) is 19.7 Å². The first-order valence-electron chi connectivity index (χ1n) is 12.8. The van der Waals surface area contributed by atoms with Crippen molar-refractivity contribution in [1.29, 1.82) is 0 Å². The molecule has 0 atom stereocenters. The molecule has 1 aromatic heterocycles. The molecule has 0 spiro atoms. The second kappa shape index (κ2) is 10.8. The third-order valence-corrected chi connectivity index (χ3v) is 6.95. The molecule has 0 bridgehead atoms. The van der Waals surface area contributed by atoms with Crippen molar-refractivity contribution in [1.82, 2.24) is 9.47 Å². The lowest BCUT2D eigenvalue weighted by molar-refractivity contribution is 0.0746. The first kappa shape index (κ1) is 24.5. The minimum Gasteiger partial charge on any atom is -0.495 e. The lowest BCUT2D eigenvalue weighted by Crippen LogP contribution is -2.49. The van der Waals surface area contributed by atoms with Crippen molar-refractivity contribution in [3.63, 3.8) is 0 Å². The van der Waals surface area contributed by atoms with Gasteiger partial charge in [0.25, 0.3) is 5.91 Å². The standard InChI is InChI=1S/C31H33N3O3/c1-4-37-26-16-14-25(15-17-26)34-23(2)27(22-29(34)24-10-6-5-7-11-24)31(35)33-20-18-32(19-21-33)28-12-8-9-13-30(28)36-3/h5-17,22H,4,18-21H2,1-3H3. The summed E-state index contributed by atoms with van der Waals surface area (Å²) in [6, 6.07) is 28.4. The van der Waals surface area contributed by atoms with Gasteiger partial charge in [-0.1, -0.05) is 42.5 Å². The smallest absolute Gasteiger partial charge is 0.255 e. The number of hydrogen-bond donors (Lipinski definition) is 0. The van der Waals surface area contributed by atoms with E-state index >= 15 is 0 Å². The van der Waals surface area contributed by atoms with Crippen LogP contribution < -0.4 is 14.4 Å². The van der Waals surface area contributed by atoms with Crippen LogP contribution in [0.1, 0.15) is 23.0 Å². The fourth-order valence-corrected chi connectivity index (χ4v) is 5.05. The van der Waals surface area contributed by atoms with Crippen LogP contribution in [0.5, 0.6) is 11.5 Å². The molecular weight excluding hydrogens is 462 g/mol. The zero-order valence-corrected chi connectivity index (χ0v) is 21.7. The summed E-state index contributed by atoms with van der Waals surface area (Å²) in [5.74, 6) is 1.76. The molecule has 0 N–H and O–H groups in total. The van der Waals surface area contributed by atoms with E-state index in [4.69, 9.17) is 9.47 Å². The van der Waals surface area contributed by atoms with Gasteiger partial charge in [0.05, 0.1) is 30.7 Å². The Morgan fingerprint density at radius 1 is 0.865 bits per heavy atom. The van der Waals surface area contributed by atoms with Gasteiger partial charge in [-0.3, -0.25) is 4.79 Å². The molecule has 5 rings (SSSR count). The molecule has 1 amide bonds. The van der Waals surface area contributed by atoms with Gasteiger partial charge in [0.2, 0.25) is 0 Å². The number of para-hydroxylation sites is 2. The number of rotatable bonds is 7. The third-order valence-electron chi connectivity index (χ3n) is 6.95. The number of piperazine rings is 1. The van der Waals surface area contributed by atoms with Gasteiger partial charge >= 0.3 is 0 Å². The maximum absolute atomic E-state index is 13.8. The van der Waals surface area contributed by atoms with Crippen LogP contribution in [0.4, 0.5) is 5.69 Å². The molecule has 6 heteroatoms. The molecule has 0 unspecified atom stereocenters. The van der Waals surface area contributed by atoms with Crippen molar-refractivity contribution in [2.75, 3.05) is 44.8 Å². The second-order valence-corrected chi connectivity index (χ2v) is 9.11. The van der Waals surface area contributed by atoms with Crippen molar-refractivity contribution in [3.05, 3.63) is 96.2 Å². The van der Waals surface area contributed by atoms with Crippen LogP contribution in [0.25, 0.3) is 16.9 Å². The number of carbonyl (C=O) groups is 1. The van der Waals surface area contributed by atoms with Crippen LogP contribution in [-0.4, -0.2) is 55.3 Å². The van der Waals surface area contributed by atoms with E-state index in [2.05, 4.69) is 27.7 Å². The average molecular weight is 496 g/mol. The van der Waals surface area contributed by atoms with Crippen molar-refractivity contribution in [2.45, 2.75) is 13.8 Å². The van der Waals surface area contributed by atoms with Crippen molar-refractivity contribution in [2.24, 2.45) is 0 Å². The quantitative estimate of drug-likeness (QED) is 0.324. The number of methoxy groups -OCH3 is 1. The van der Waals surface area contributed by atoms with Gasteiger partial charge in [0.1, 0.15) is 11.5 Å². The number of benzene rings is 3. The Balaban J connectivity index is 1.43. The molecule has 0 aliphatic carbocycles. The zero-order valence-electron chi connectivity index (χ0n) is 21.7. The van der Waals surface area contributed by atoms with Crippen molar-refractivity contribution < 1.29 is 14.3 Å². The maximum atomic E-state index is 13.8. The van der Waals surface area contributed by atoms with Gasteiger partial charge in [-0.15, -0.1) is 0 Å². The highest BCUT2D eigenvalue weighted by Crippen LogP contribution is 2.32. The Hall–Kier alpha value is -4.19. The summed E-state index contributed by atoms with van der Waals surface area (Å²) < 4.78 is 13.4. The second-order valence-electron chi connectivity index (χ2n) is 9.11. The lowest BCUT2D eigenvalue weighted by atomic mass is 10.1. The van der Waals surface area contributed by atoms with E-state index in [1.807, 2.05) is 85.5 Å². The van der Waals surface area contributed by atoms with E-state index < -0.39 is 0 Å². The summed E-state index contributed by atoms with van der Waals surface area (Å²) in [5.41, 5.74) is 5.80. The van der Waals surface area contributed by atoms with Gasteiger partial charge in [-0.05, 0) is 61.9 Å². The van der Waals surface area contributed by atoms with Gasteiger partial charge < -0.3 is 23.8 Å². The highest BCUT2D eigenvalue weighted by atomic mass is 16.5. The molecule has 2 heterocycles. The van der Waals surface area contributed by atoms with Crippen LogP contribution in [0.2, 0.25) is 0 Å². The highest BCUT2D eigenvalue weighted by Gasteiger charge is 2.27. The topological polar surface area (TPSA) is 46.9 Å². The molecule has 6 nitrogen and oxygen atoms in total. The monoisotopic (exact) mass is 495 g/mol. The van der Waals surface area contributed by atoms with Crippen molar-refractivity contribution >= 4 is 11.6 Å². The fourth-order valence-electron chi connectivity index (χ4n) is 5.05. The summed E-state index contributed by atoms with van der Waals surface area (Å²) in [6.45, 7) is 7.47. The number of hydrogen-bond acceptors (Lipinski definition) is 4. The normalized spacial score (nSPS) is 13.5. The number of carbonyl (C=O) groups excluding carboxylic acids is 1. The molecule has 4 aromatic rings. The van der Waals surface area contributed by atoms with Gasteiger partial charge in [-0.2, -0.15) is 0 Å². The zero-order chi connectivity index (χ0) is 25.8. The van der Waals surface area contributed by atoms with Gasteiger partial charge in [-0.25, -0.2) is 0 Å². The Bertz CT molecular complexity index is 1350. The SMILES string of the molecule is CCOc1ccc(-n2c(-c3ccccc3)cc(C(=O)N3CCN(c4ccccc4OC)CC3)c2C)cc1. The number of ether oxygens (including phenoxy) is 2. The van der Waals surface area contributed by atoms with E-state index in [1.54, 1.807) is 7.11 Å². The molecule has 1 aliphatic heterocycles. The van der Waals surface area contributed by atoms with E-state index in [9.17, 15) is 4.79 Å². The lowest BCUT2D eigenvalue weighted by Gasteiger charge is -2.36. The molecule has 0 saturated carbocycles. The largest absolute Gasteiger partial charge is 0.495 e. The fraction of sp³-hybridized carbons (Fsp3) is 0.258. The molecule has 1 saturated heterocycles. The van der Waals surface area contributed by atoms with Crippen LogP contribution in [0.15, 0.2) is 84.9 Å². The van der Waals surface area contributed by atoms with Gasteiger partial charge in [0, 0.05) is 37.6 Å². The maximum Gasteiger partial charge on any atom is 0.255 e. The molecular formula is C31H33N3O3. The predicted molar refractivity (Wildman–Crippen MR) is 148 cm³/mol. The van der Waals surface area contributed by atoms with Crippen LogP contribution in [0.3, 0.4) is 0 Å². The highest BCUT2D eigenvalue weighted by molar-refractivity contribution is 5.97. The predicted octanol–water partition coefficient (Wildman–Crippen LogP) is 5.82.